The van der Waals surface area contributed by atoms with Crippen LogP contribution in [0.3, 0.4) is 0 Å². The Morgan fingerprint density at radius 1 is 1.38 bits per heavy atom. The van der Waals surface area contributed by atoms with E-state index < -0.39 is 0 Å². The highest BCUT2D eigenvalue weighted by Crippen LogP contribution is 2.29. The third kappa shape index (κ3) is 3.75. The van der Waals surface area contributed by atoms with Gasteiger partial charge in [0, 0.05) is 22.5 Å². The average Bonchev–Trinajstić information content (AvgIpc) is 2.26. The van der Waals surface area contributed by atoms with Crippen LogP contribution in [0, 0.1) is 6.92 Å². The summed E-state index contributed by atoms with van der Waals surface area (Å²) in [6.07, 6.45) is 0.103. The van der Waals surface area contributed by atoms with E-state index in [1.807, 2.05) is 13.8 Å². The van der Waals surface area contributed by atoms with Crippen LogP contribution in [-0.2, 0) is 10.1 Å². The lowest BCUT2D eigenvalue weighted by Crippen LogP contribution is -2.17. The number of methoxy groups -OCH3 is 1. The van der Waals surface area contributed by atoms with Gasteiger partial charge in [-0.15, -0.1) is 0 Å². The van der Waals surface area contributed by atoms with Crippen LogP contribution < -0.4 is 4.74 Å². The molecule has 0 amide bonds. The molecule has 0 saturated carbocycles. The van der Waals surface area contributed by atoms with E-state index in [1.54, 1.807) is 7.11 Å². The number of rotatable bonds is 5. The van der Waals surface area contributed by atoms with E-state index in [-0.39, 0.29) is 6.10 Å². The van der Waals surface area contributed by atoms with Gasteiger partial charge < -0.3 is 9.47 Å². The summed E-state index contributed by atoms with van der Waals surface area (Å²) in [5, 5.41) is 0.782. The Morgan fingerprint density at radius 2 is 2.06 bits per heavy atom. The van der Waals surface area contributed by atoms with Crippen LogP contribution in [0.5, 0.6) is 5.75 Å². The molecule has 2 nitrogen and oxygen atoms in total. The van der Waals surface area contributed by atoms with Gasteiger partial charge in [0.1, 0.15) is 12.4 Å². The van der Waals surface area contributed by atoms with Crippen molar-refractivity contribution >= 4 is 31.9 Å². The first-order valence-corrected chi connectivity index (χ1v) is 7.00. The minimum absolute atomic E-state index is 0.103. The number of alkyl halides is 1. The highest BCUT2D eigenvalue weighted by atomic mass is 79.9. The van der Waals surface area contributed by atoms with Crippen molar-refractivity contribution in [1.29, 1.82) is 0 Å². The molecule has 0 fully saturated rings. The van der Waals surface area contributed by atoms with Gasteiger partial charge in [-0.1, -0.05) is 31.9 Å². The first-order valence-electron chi connectivity index (χ1n) is 5.09. The van der Waals surface area contributed by atoms with E-state index in [9.17, 15) is 0 Å². The standard InChI is InChI=1S/C12H16Br2O2/c1-8-4-11(14)5-10(6-13)12(8)16-7-9(2)15-3/h4-5,9H,6-7H2,1-3H3. The van der Waals surface area contributed by atoms with E-state index in [0.717, 1.165) is 26.7 Å². The molecule has 0 aliphatic carbocycles. The van der Waals surface area contributed by atoms with E-state index in [0.29, 0.717) is 6.61 Å². The second kappa shape index (κ2) is 6.62. The van der Waals surface area contributed by atoms with Gasteiger partial charge in [0.05, 0.1) is 6.10 Å². The monoisotopic (exact) mass is 350 g/mol. The number of benzene rings is 1. The molecule has 1 atom stereocenters. The molecular formula is C12H16Br2O2. The summed E-state index contributed by atoms with van der Waals surface area (Å²) >= 11 is 6.95. The topological polar surface area (TPSA) is 18.5 Å². The van der Waals surface area contributed by atoms with Crippen LogP contribution in [-0.4, -0.2) is 19.8 Å². The summed E-state index contributed by atoms with van der Waals surface area (Å²) in [5.74, 6) is 0.948. The maximum absolute atomic E-state index is 5.79. The molecule has 0 aliphatic heterocycles. The minimum atomic E-state index is 0.103. The summed E-state index contributed by atoms with van der Waals surface area (Å²) < 4.78 is 12.0. The first-order chi connectivity index (χ1) is 7.58. The van der Waals surface area contributed by atoms with Gasteiger partial charge in [-0.05, 0) is 31.5 Å². The number of hydrogen-bond donors (Lipinski definition) is 0. The molecular weight excluding hydrogens is 336 g/mol. The van der Waals surface area contributed by atoms with E-state index >= 15 is 0 Å². The Bertz CT molecular complexity index is 353. The van der Waals surface area contributed by atoms with E-state index in [4.69, 9.17) is 9.47 Å². The van der Waals surface area contributed by atoms with Crippen LogP contribution in [0.4, 0.5) is 0 Å². The molecule has 1 aromatic carbocycles. The molecule has 0 heterocycles. The number of ether oxygens (including phenoxy) is 2. The fourth-order valence-electron chi connectivity index (χ4n) is 1.37. The molecule has 0 radical (unpaired) electrons. The number of halogens is 2. The zero-order valence-electron chi connectivity index (χ0n) is 9.72. The highest BCUT2D eigenvalue weighted by Gasteiger charge is 2.09. The zero-order valence-corrected chi connectivity index (χ0v) is 12.9. The van der Waals surface area contributed by atoms with Crippen molar-refractivity contribution < 1.29 is 9.47 Å². The normalized spacial score (nSPS) is 12.6. The summed E-state index contributed by atoms with van der Waals surface area (Å²) in [4.78, 5) is 0. The molecule has 0 saturated heterocycles. The summed E-state index contributed by atoms with van der Waals surface area (Å²) in [7, 11) is 1.69. The second-order valence-electron chi connectivity index (χ2n) is 3.70. The van der Waals surface area contributed by atoms with Crippen LogP contribution in [0.1, 0.15) is 18.1 Å². The van der Waals surface area contributed by atoms with Crippen molar-refractivity contribution in [3.05, 3.63) is 27.7 Å². The predicted octanol–water partition coefficient (Wildman–Crippen LogP) is 4.07. The molecule has 0 N–H and O–H groups in total. The smallest absolute Gasteiger partial charge is 0.126 e. The van der Waals surface area contributed by atoms with Gasteiger partial charge >= 0.3 is 0 Å². The second-order valence-corrected chi connectivity index (χ2v) is 5.18. The molecule has 90 valence electrons. The van der Waals surface area contributed by atoms with Gasteiger partial charge in [0.25, 0.3) is 0 Å². The first kappa shape index (κ1) is 14.0. The lowest BCUT2D eigenvalue weighted by atomic mass is 10.1. The Hall–Kier alpha value is -0.0600. The van der Waals surface area contributed by atoms with Crippen LogP contribution >= 0.6 is 31.9 Å². The van der Waals surface area contributed by atoms with Gasteiger partial charge in [0.2, 0.25) is 0 Å². The molecule has 1 rings (SSSR count). The number of hydrogen-bond acceptors (Lipinski definition) is 2. The van der Waals surface area contributed by atoms with E-state index in [1.165, 1.54) is 0 Å². The molecule has 1 unspecified atom stereocenters. The van der Waals surface area contributed by atoms with Crippen molar-refractivity contribution in [2.75, 3.05) is 13.7 Å². The highest BCUT2D eigenvalue weighted by molar-refractivity contribution is 9.10. The van der Waals surface area contributed by atoms with Crippen LogP contribution in [0.2, 0.25) is 0 Å². The quantitative estimate of drug-likeness (QED) is 0.744. The van der Waals surface area contributed by atoms with Crippen LogP contribution in [0.25, 0.3) is 0 Å². The Morgan fingerprint density at radius 3 is 2.62 bits per heavy atom. The molecule has 0 aliphatic rings. The molecule has 0 aromatic heterocycles. The summed E-state index contributed by atoms with van der Waals surface area (Å²) in [6.45, 7) is 4.60. The zero-order chi connectivity index (χ0) is 12.1. The van der Waals surface area contributed by atoms with Crippen molar-refractivity contribution in [2.45, 2.75) is 25.3 Å². The van der Waals surface area contributed by atoms with Crippen molar-refractivity contribution in [1.82, 2.24) is 0 Å². The summed E-state index contributed by atoms with van der Waals surface area (Å²) in [6, 6.07) is 4.12. The van der Waals surface area contributed by atoms with Gasteiger partial charge in [-0.2, -0.15) is 0 Å². The molecule has 1 aromatic rings. The molecule has 4 heteroatoms. The van der Waals surface area contributed by atoms with Gasteiger partial charge in [0.15, 0.2) is 0 Å². The minimum Gasteiger partial charge on any atom is -0.490 e. The van der Waals surface area contributed by atoms with E-state index in [2.05, 4.69) is 44.0 Å². The van der Waals surface area contributed by atoms with Crippen LogP contribution in [0.15, 0.2) is 16.6 Å². The summed E-state index contributed by atoms with van der Waals surface area (Å²) in [5.41, 5.74) is 2.28. The SMILES string of the molecule is COC(C)COc1c(C)cc(Br)cc1CBr. The fourth-order valence-corrected chi connectivity index (χ4v) is 2.41. The Labute approximate surface area is 114 Å². The van der Waals surface area contributed by atoms with Crippen molar-refractivity contribution in [3.63, 3.8) is 0 Å². The molecule has 0 spiro atoms. The third-order valence-corrected chi connectivity index (χ3v) is 3.39. The Balaban J connectivity index is 2.85. The average molecular weight is 352 g/mol. The number of aryl methyl sites for hydroxylation is 1. The maximum atomic E-state index is 5.79. The molecule has 0 bridgehead atoms. The lowest BCUT2D eigenvalue weighted by molar-refractivity contribution is 0.0711. The van der Waals surface area contributed by atoms with Gasteiger partial charge in [-0.3, -0.25) is 0 Å². The van der Waals surface area contributed by atoms with Crippen molar-refractivity contribution in [2.24, 2.45) is 0 Å². The maximum Gasteiger partial charge on any atom is 0.126 e. The third-order valence-electron chi connectivity index (χ3n) is 2.33. The molecule has 16 heavy (non-hydrogen) atoms. The van der Waals surface area contributed by atoms with Crippen molar-refractivity contribution in [3.8, 4) is 5.75 Å². The Kier molecular flexibility index (Phi) is 5.79. The predicted molar refractivity (Wildman–Crippen MR) is 73.5 cm³/mol. The fraction of sp³-hybridized carbons (Fsp3) is 0.500. The van der Waals surface area contributed by atoms with Gasteiger partial charge in [-0.25, -0.2) is 0 Å². The largest absolute Gasteiger partial charge is 0.490 e. The lowest BCUT2D eigenvalue weighted by Gasteiger charge is -2.16.